The van der Waals surface area contributed by atoms with Crippen molar-refractivity contribution in [2.45, 2.75) is 44.4 Å². The van der Waals surface area contributed by atoms with Gasteiger partial charge in [0.2, 0.25) is 0 Å². The van der Waals surface area contributed by atoms with Crippen LogP contribution in [0.5, 0.6) is 11.5 Å². The number of fused-ring (bicyclic) bond motifs is 2. The monoisotopic (exact) mass is 333 g/mol. The zero-order chi connectivity index (χ0) is 16.8. The third-order valence-electron chi connectivity index (χ3n) is 4.44. The number of hydrogen-bond acceptors (Lipinski definition) is 4. The predicted octanol–water partition coefficient (Wildman–Crippen LogP) is 1.95. The molecule has 2 heterocycles. The van der Waals surface area contributed by atoms with Gasteiger partial charge in [0.25, 0.3) is 0 Å². The van der Waals surface area contributed by atoms with E-state index in [1.165, 1.54) is 6.42 Å². The highest BCUT2D eigenvalue weighted by Gasteiger charge is 2.41. The van der Waals surface area contributed by atoms with Gasteiger partial charge in [-0.2, -0.15) is 0 Å². The molecule has 0 radical (unpaired) electrons. The number of guanidine groups is 1. The highest BCUT2D eigenvalue weighted by Crippen LogP contribution is 2.34. The molecule has 2 N–H and O–H groups in total. The molecule has 0 aromatic heterocycles. The second kappa shape index (κ2) is 8.24. The van der Waals surface area contributed by atoms with E-state index in [0.717, 1.165) is 36.8 Å². The molecule has 6 heteroatoms. The molecule has 3 rings (SSSR count). The van der Waals surface area contributed by atoms with Crippen LogP contribution in [0.2, 0.25) is 0 Å². The highest BCUT2D eigenvalue weighted by atomic mass is 16.5. The van der Waals surface area contributed by atoms with Crippen molar-refractivity contribution in [2.24, 2.45) is 4.99 Å². The summed E-state index contributed by atoms with van der Waals surface area (Å²) in [5.41, 5.74) is 0. The highest BCUT2D eigenvalue weighted by molar-refractivity contribution is 5.80. The van der Waals surface area contributed by atoms with E-state index in [9.17, 15) is 0 Å². The van der Waals surface area contributed by atoms with Crippen LogP contribution in [0.1, 0.15) is 26.2 Å². The number of methoxy groups -OCH3 is 1. The van der Waals surface area contributed by atoms with E-state index in [2.05, 4.69) is 22.5 Å². The maximum absolute atomic E-state index is 5.89. The average Bonchev–Trinajstić information content (AvgIpc) is 3.22. The van der Waals surface area contributed by atoms with Gasteiger partial charge in [-0.3, -0.25) is 0 Å². The molecule has 2 fully saturated rings. The summed E-state index contributed by atoms with van der Waals surface area (Å²) in [6.07, 6.45) is 4.21. The third kappa shape index (κ3) is 4.32. The molecule has 132 valence electrons. The Labute approximate surface area is 143 Å². The largest absolute Gasteiger partial charge is 0.497 e. The normalized spacial score (nSPS) is 25.6. The molecule has 2 aliphatic rings. The van der Waals surface area contributed by atoms with Crippen LogP contribution in [0.15, 0.2) is 29.3 Å². The number of aliphatic imine (C=N–C) groups is 1. The minimum atomic E-state index is 0.340. The minimum absolute atomic E-state index is 0.340. The van der Waals surface area contributed by atoms with Gasteiger partial charge in [-0.25, -0.2) is 4.99 Å². The summed E-state index contributed by atoms with van der Waals surface area (Å²) in [6.45, 7) is 4.02. The molecule has 0 aliphatic carbocycles. The number of hydrogen-bond donors (Lipinski definition) is 2. The third-order valence-corrected chi connectivity index (χ3v) is 4.44. The molecule has 1 aromatic rings. The van der Waals surface area contributed by atoms with Gasteiger partial charge < -0.3 is 24.8 Å². The van der Waals surface area contributed by atoms with Gasteiger partial charge in [-0.15, -0.1) is 0 Å². The Bertz CT molecular complexity index is 564. The van der Waals surface area contributed by atoms with Crippen LogP contribution < -0.4 is 20.1 Å². The van der Waals surface area contributed by atoms with E-state index >= 15 is 0 Å². The summed E-state index contributed by atoms with van der Waals surface area (Å²) >= 11 is 0. The summed E-state index contributed by atoms with van der Waals surface area (Å²) in [4.78, 5) is 4.60. The maximum atomic E-state index is 5.89. The van der Waals surface area contributed by atoms with Crippen LogP contribution in [0, 0.1) is 0 Å². The van der Waals surface area contributed by atoms with Crippen molar-refractivity contribution in [1.29, 1.82) is 0 Å². The van der Waals surface area contributed by atoms with E-state index in [-0.39, 0.29) is 0 Å². The van der Waals surface area contributed by atoms with Crippen LogP contribution in [-0.2, 0) is 4.74 Å². The first-order chi connectivity index (χ1) is 11.8. The van der Waals surface area contributed by atoms with Gasteiger partial charge >= 0.3 is 0 Å². The second-order valence-corrected chi connectivity index (χ2v) is 6.15. The van der Waals surface area contributed by atoms with Crippen LogP contribution in [0.4, 0.5) is 0 Å². The second-order valence-electron chi connectivity index (χ2n) is 6.15. The number of nitrogens with zero attached hydrogens (tertiary/aromatic N) is 1. The van der Waals surface area contributed by atoms with Crippen molar-refractivity contribution < 1.29 is 14.2 Å². The Morgan fingerprint density at radius 1 is 1.33 bits per heavy atom. The minimum Gasteiger partial charge on any atom is -0.497 e. The van der Waals surface area contributed by atoms with Crippen LogP contribution in [0.25, 0.3) is 0 Å². The smallest absolute Gasteiger partial charge is 0.191 e. The molecule has 3 atom stereocenters. The molecule has 6 nitrogen and oxygen atoms in total. The molecule has 2 aliphatic heterocycles. The molecule has 0 saturated carbocycles. The van der Waals surface area contributed by atoms with Crippen molar-refractivity contribution in [2.75, 3.05) is 26.8 Å². The maximum Gasteiger partial charge on any atom is 0.191 e. The first-order valence-electron chi connectivity index (χ1n) is 8.75. The SMILES string of the molecule is CCNC(=NCCOc1cccc(OC)c1)NC1CC2CCC1O2. The molecule has 24 heavy (non-hydrogen) atoms. The first-order valence-corrected chi connectivity index (χ1v) is 8.75. The Morgan fingerprint density at radius 3 is 2.92 bits per heavy atom. The van der Waals surface area contributed by atoms with Gasteiger partial charge in [0, 0.05) is 12.6 Å². The topological polar surface area (TPSA) is 64.1 Å². The summed E-state index contributed by atoms with van der Waals surface area (Å²) in [5, 5.41) is 6.80. The van der Waals surface area contributed by atoms with E-state index < -0.39 is 0 Å². The van der Waals surface area contributed by atoms with Crippen molar-refractivity contribution in [1.82, 2.24) is 10.6 Å². The average molecular weight is 333 g/mol. The first kappa shape index (κ1) is 16.9. The lowest BCUT2D eigenvalue weighted by Gasteiger charge is -2.22. The summed E-state index contributed by atoms with van der Waals surface area (Å²) in [7, 11) is 1.65. The van der Waals surface area contributed by atoms with Crippen LogP contribution in [-0.4, -0.2) is 51.0 Å². The van der Waals surface area contributed by atoms with Gasteiger partial charge in [0.15, 0.2) is 5.96 Å². The van der Waals surface area contributed by atoms with Gasteiger partial charge in [-0.05, 0) is 38.3 Å². The van der Waals surface area contributed by atoms with Crippen molar-refractivity contribution in [3.8, 4) is 11.5 Å². The summed E-state index contributed by atoms with van der Waals surface area (Å²) < 4.78 is 16.8. The number of benzene rings is 1. The fourth-order valence-electron chi connectivity index (χ4n) is 3.30. The van der Waals surface area contributed by atoms with Gasteiger partial charge in [0.1, 0.15) is 18.1 Å². The Balaban J connectivity index is 1.46. The molecule has 1 aromatic carbocycles. The van der Waals surface area contributed by atoms with Crippen molar-refractivity contribution >= 4 is 5.96 Å². The van der Waals surface area contributed by atoms with Gasteiger partial charge in [-0.1, -0.05) is 6.07 Å². The van der Waals surface area contributed by atoms with Crippen molar-refractivity contribution in [3.05, 3.63) is 24.3 Å². The Kier molecular flexibility index (Phi) is 5.80. The fraction of sp³-hybridized carbons (Fsp3) is 0.611. The summed E-state index contributed by atoms with van der Waals surface area (Å²) in [6, 6.07) is 7.98. The lowest BCUT2D eigenvalue weighted by Crippen LogP contribution is -2.47. The number of rotatable bonds is 7. The van der Waals surface area contributed by atoms with E-state index in [1.807, 2.05) is 24.3 Å². The molecule has 0 spiro atoms. The van der Waals surface area contributed by atoms with Crippen LogP contribution >= 0.6 is 0 Å². The molecule has 0 amide bonds. The van der Waals surface area contributed by atoms with E-state index in [0.29, 0.717) is 31.4 Å². The molecular formula is C18H27N3O3. The van der Waals surface area contributed by atoms with Crippen LogP contribution in [0.3, 0.4) is 0 Å². The molecule has 3 unspecified atom stereocenters. The number of ether oxygens (including phenoxy) is 3. The predicted molar refractivity (Wildman–Crippen MR) is 93.9 cm³/mol. The quantitative estimate of drug-likeness (QED) is 0.454. The number of nitrogens with one attached hydrogen (secondary N) is 2. The van der Waals surface area contributed by atoms with Crippen molar-refractivity contribution in [3.63, 3.8) is 0 Å². The Hall–Kier alpha value is -1.95. The van der Waals surface area contributed by atoms with E-state index in [1.54, 1.807) is 7.11 Å². The zero-order valence-electron chi connectivity index (χ0n) is 14.5. The fourth-order valence-corrected chi connectivity index (χ4v) is 3.30. The standard InChI is InChI=1S/C18H27N3O3/c1-3-19-18(21-16-12-15-7-8-17(16)24-15)20-9-10-23-14-6-4-5-13(11-14)22-2/h4-6,11,15-17H,3,7-10,12H2,1-2H3,(H2,19,20,21). The van der Waals surface area contributed by atoms with E-state index in [4.69, 9.17) is 14.2 Å². The zero-order valence-corrected chi connectivity index (χ0v) is 14.5. The molecule has 2 bridgehead atoms. The molecule has 2 saturated heterocycles. The Morgan fingerprint density at radius 2 is 2.21 bits per heavy atom. The lowest BCUT2D eigenvalue weighted by atomic mass is 9.96. The van der Waals surface area contributed by atoms with Gasteiger partial charge in [0.05, 0.1) is 31.9 Å². The summed E-state index contributed by atoms with van der Waals surface area (Å²) in [5.74, 6) is 2.43. The molecular weight excluding hydrogens is 306 g/mol. The lowest BCUT2D eigenvalue weighted by molar-refractivity contribution is 0.0992.